The molecule has 1 saturated heterocycles. The maximum absolute atomic E-state index is 4.33. The summed E-state index contributed by atoms with van der Waals surface area (Å²) in [5.41, 5.74) is 3.84. The van der Waals surface area contributed by atoms with Gasteiger partial charge in [0.2, 0.25) is 0 Å². The van der Waals surface area contributed by atoms with Crippen molar-refractivity contribution >= 4 is 0 Å². The predicted molar refractivity (Wildman–Crippen MR) is 74.9 cm³/mol. The summed E-state index contributed by atoms with van der Waals surface area (Å²) in [5.74, 6) is 0. The fraction of sp³-hybridized carbons (Fsp3) is 0.467. The van der Waals surface area contributed by atoms with E-state index in [1.54, 1.807) is 0 Å². The average Bonchev–Trinajstić information content (AvgIpc) is 2.91. The maximum Gasteiger partial charge on any atom is 0.0951 e. The van der Waals surface area contributed by atoms with Crippen LogP contribution < -0.4 is 5.32 Å². The van der Waals surface area contributed by atoms with Gasteiger partial charge in [-0.2, -0.15) is 0 Å². The van der Waals surface area contributed by atoms with Crippen LogP contribution in [0.5, 0.6) is 0 Å². The number of nitrogens with one attached hydrogen (secondary N) is 1. The van der Waals surface area contributed by atoms with E-state index in [1.165, 1.54) is 36.1 Å². The highest BCUT2D eigenvalue weighted by Crippen LogP contribution is 2.23. The van der Waals surface area contributed by atoms with Crippen LogP contribution in [0, 0.1) is 6.92 Å². The van der Waals surface area contributed by atoms with Crippen LogP contribution in [0.3, 0.4) is 0 Å². The van der Waals surface area contributed by atoms with Crippen molar-refractivity contribution in [2.45, 2.75) is 38.8 Å². The zero-order valence-corrected chi connectivity index (χ0v) is 11.3. The Morgan fingerprint density at radius 3 is 3.05 bits per heavy atom. The van der Waals surface area contributed by atoms with E-state index in [9.17, 15) is 0 Å². The summed E-state index contributed by atoms with van der Waals surface area (Å²) in [6.07, 6.45) is 11.5. The summed E-state index contributed by atoms with van der Waals surface area (Å²) < 4.78 is 2.24. The third-order valence-corrected chi connectivity index (χ3v) is 3.90. The van der Waals surface area contributed by atoms with Crippen LogP contribution >= 0.6 is 0 Å². The molecule has 2 aromatic heterocycles. The fourth-order valence-electron chi connectivity index (χ4n) is 2.70. The molecule has 1 aliphatic heterocycles. The summed E-state index contributed by atoms with van der Waals surface area (Å²) in [6.45, 7) is 4.10. The first-order valence-electron chi connectivity index (χ1n) is 6.97. The number of aryl methyl sites for hydroxylation is 1. The molecule has 0 bridgehead atoms. The lowest BCUT2D eigenvalue weighted by Crippen LogP contribution is -2.28. The molecular weight excluding hydrogens is 236 g/mol. The van der Waals surface area contributed by atoms with Gasteiger partial charge in [0.15, 0.2) is 0 Å². The summed E-state index contributed by atoms with van der Waals surface area (Å²) in [5, 5.41) is 3.59. The Labute approximate surface area is 113 Å². The van der Waals surface area contributed by atoms with E-state index in [0.29, 0.717) is 6.04 Å². The van der Waals surface area contributed by atoms with Crippen molar-refractivity contribution in [2.24, 2.45) is 0 Å². The highest BCUT2D eigenvalue weighted by atomic mass is 15.1. The third kappa shape index (κ3) is 2.68. The van der Waals surface area contributed by atoms with Crippen LogP contribution in [-0.4, -0.2) is 21.1 Å². The molecule has 100 valence electrons. The summed E-state index contributed by atoms with van der Waals surface area (Å²) in [6, 6.07) is 2.51. The molecule has 19 heavy (non-hydrogen) atoms. The maximum atomic E-state index is 4.33. The van der Waals surface area contributed by atoms with Crippen LogP contribution in [0.2, 0.25) is 0 Å². The molecule has 0 spiro atoms. The average molecular weight is 256 g/mol. The van der Waals surface area contributed by atoms with Crippen molar-refractivity contribution in [3.05, 3.63) is 47.8 Å². The quantitative estimate of drug-likeness (QED) is 0.917. The van der Waals surface area contributed by atoms with E-state index in [0.717, 1.165) is 13.1 Å². The van der Waals surface area contributed by atoms with Crippen LogP contribution in [0.25, 0.3) is 0 Å². The number of hydrogen-bond acceptors (Lipinski definition) is 3. The van der Waals surface area contributed by atoms with Gasteiger partial charge in [-0.05, 0) is 43.5 Å². The van der Waals surface area contributed by atoms with Gasteiger partial charge < -0.3 is 9.88 Å². The van der Waals surface area contributed by atoms with Gasteiger partial charge in [-0.3, -0.25) is 4.98 Å². The first-order valence-corrected chi connectivity index (χ1v) is 6.97. The molecule has 0 amide bonds. The van der Waals surface area contributed by atoms with Gasteiger partial charge in [0, 0.05) is 24.6 Å². The molecule has 3 heterocycles. The number of imidazole rings is 1. The molecular formula is C15H20N4. The number of nitrogens with zero attached hydrogens (tertiary/aromatic N) is 3. The first kappa shape index (κ1) is 12.4. The lowest BCUT2D eigenvalue weighted by Gasteiger charge is -2.24. The van der Waals surface area contributed by atoms with Gasteiger partial charge in [0.05, 0.1) is 18.6 Å². The largest absolute Gasteiger partial charge is 0.329 e. The zero-order valence-electron chi connectivity index (χ0n) is 11.3. The minimum absolute atomic E-state index is 0.452. The van der Waals surface area contributed by atoms with Crippen LogP contribution in [0.4, 0.5) is 0 Å². The van der Waals surface area contributed by atoms with Crippen molar-refractivity contribution in [1.29, 1.82) is 0 Å². The summed E-state index contributed by atoms with van der Waals surface area (Å²) in [7, 11) is 0. The van der Waals surface area contributed by atoms with Crippen LogP contribution in [0.1, 0.15) is 42.1 Å². The van der Waals surface area contributed by atoms with Crippen LogP contribution in [0.15, 0.2) is 31.0 Å². The van der Waals surface area contributed by atoms with Crippen LogP contribution in [-0.2, 0) is 6.54 Å². The smallest absolute Gasteiger partial charge is 0.0951 e. The van der Waals surface area contributed by atoms with Gasteiger partial charge in [0.1, 0.15) is 0 Å². The standard InChI is InChI=1S/C15H20N4/c1-12-5-7-16-8-13(12)10-19-11-17-9-15(19)14-4-2-3-6-18-14/h5,7-9,11,14,18H,2-4,6,10H2,1H3. The van der Waals surface area contributed by atoms with E-state index >= 15 is 0 Å². The highest BCUT2D eigenvalue weighted by molar-refractivity contribution is 5.22. The lowest BCUT2D eigenvalue weighted by atomic mass is 10.0. The van der Waals surface area contributed by atoms with Crippen molar-refractivity contribution in [3.8, 4) is 0 Å². The number of rotatable bonds is 3. The molecule has 1 N–H and O–H groups in total. The monoisotopic (exact) mass is 256 g/mol. The van der Waals surface area contributed by atoms with E-state index < -0.39 is 0 Å². The molecule has 3 rings (SSSR count). The Morgan fingerprint density at radius 1 is 1.32 bits per heavy atom. The summed E-state index contributed by atoms with van der Waals surface area (Å²) in [4.78, 5) is 8.54. The van der Waals surface area contributed by atoms with Gasteiger partial charge in [0.25, 0.3) is 0 Å². The Balaban J connectivity index is 1.82. The lowest BCUT2D eigenvalue weighted by molar-refractivity contribution is 0.395. The number of piperidine rings is 1. The Kier molecular flexibility index (Phi) is 3.60. The van der Waals surface area contributed by atoms with Gasteiger partial charge >= 0.3 is 0 Å². The minimum atomic E-state index is 0.452. The Morgan fingerprint density at radius 2 is 2.26 bits per heavy atom. The molecule has 2 aromatic rings. The van der Waals surface area contributed by atoms with Crippen molar-refractivity contribution < 1.29 is 0 Å². The molecule has 0 saturated carbocycles. The van der Waals surface area contributed by atoms with E-state index in [1.807, 2.05) is 24.9 Å². The molecule has 1 fully saturated rings. The number of hydrogen-bond donors (Lipinski definition) is 1. The predicted octanol–water partition coefficient (Wildman–Crippen LogP) is 2.45. The van der Waals surface area contributed by atoms with E-state index in [4.69, 9.17) is 0 Å². The molecule has 0 radical (unpaired) electrons. The summed E-state index contributed by atoms with van der Waals surface area (Å²) >= 11 is 0. The second kappa shape index (κ2) is 5.53. The fourth-order valence-corrected chi connectivity index (χ4v) is 2.70. The SMILES string of the molecule is Cc1ccncc1Cn1cncc1C1CCCCN1. The van der Waals surface area contributed by atoms with Gasteiger partial charge in [-0.15, -0.1) is 0 Å². The normalized spacial score (nSPS) is 19.5. The molecule has 1 unspecified atom stereocenters. The molecule has 4 nitrogen and oxygen atoms in total. The highest BCUT2D eigenvalue weighted by Gasteiger charge is 2.18. The van der Waals surface area contributed by atoms with E-state index in [2.05, 4.69) is 32.8 Å². The van der Waals surface area contributed by atoms with Crippen molar-refractivity contribution in [2.75, 3.05) is 6.54 Å². The molecule has 0 aromatic carbocycles. The molecule has 4 heteroatoms. The molecule has 1 atom stereocenters. The number of aromatic nitrogens is 3. The third-order valence-electron chi connectivity index (χ3n) is 3.90. The zero-order chi connectivity index (χ0) is 13.1. The van der Waals surface area contributed by atoms with Crippen molar-refractivity contribution in [1.82, 2.24) is 19.9 Å². The van der Waals surface area contributed by atoms with Crippen molar-refractivity contribution in [3.63, 3.8) is 0 Å². The topological polar surface area (TPSA) is 42.7 Å². The number of pyridine rings is 1. The Bertz CT molecular complexity index is 541. The molecule has 0 aliphatic carbocycles. The van der Waals surface area contributed by atoms with Gasteiger partial charge in [-0.25, -0.2) is 4.98 Å². The minimum Gasteiger partial charge on any atom is -0.329 e. The Hall–Kier alpha value is -1.68. The van der Waals surface area contributed by atoms with E-state index in [-0.39, 0.29) is 0 Å². The first-order chi connectivity index (χ1) is 9.34. The second-order valence-corrected chi connectivity index (χ2v) is 5.25. The van der Waals surface area contributed by atoms with Gasteiger partial charge in [-0.1, -0.05) is 6.42 Å². The molecule has 1 aliphatic rings. The second-order valence-electron chi connectivity index (χ2n) is 5.25.